The summed E-state index contributed by atoms with van der Waals surface area (Å²) < 4.78 is 32.6. The van der Waals surface area contributed by atoms with E-state index < -0.39 is 15.9 Å². The molecule has 1 aliphatic rings. The minimum absolute atomic E-state index is 0.111. The highest BCUT2D eigenvalue weighted by Gasteiger charge is 2.27. The van der Waals surface area contributed by atoms with Crippen molar-refractivity contribution >= 4 is 21.6 Å². The summed E-state index contributed by atoms with van der Waals surface area (Å²) in [6, 6.07) is 11.8. The zero-order valence-electron chi connectivity index (χ0n) is 15.6. The lowest BCUT2D eigenvalue weighted by molar-refractivity contribution is 0.102. The van der Waals surface area contributed by atoms with Crippen molar-refractivity contribution in [2.75, 3.05) is 25.5 Å². The van der Waals surface area contributed by atoms with E-state index in [4.69, 9.17) is 4.74 Å². The number of hydrogen-bond donors (Lipinski definition) is 1. The number of anilines is 1. The van der Waals surface area contributed by atoms with Crippen molar-refractivity contribution in [2.45, 2.75) is 31.1 Å². The Hall–Kier alpha value is -2.38. The highest BCUT2D eigenvalue weighted by atomic mass is 32.2. The molecule has 2 aromatic carbocycles. The zero-order chi connectivity index (χ0) is 19.4. The second kappa shape index (κ2) is 8.10. The van der Waals surface area contributed by atoms with E-state index >= 15 is 0 Å². The molecule has 0 unspecified atom stereocenters. The molecule has 0 aromatic heterocycles. The lowest BCUT2D eigenvalue weighted by atomic mass is 10.1. The molecule has 0 spiro atoms. The van der Waals surface area contributed by atoms with E-state index in [0.29, 0.717) is 24.5 Å². The Labute approximate surface area is 160 Å². The lowest BCUT2D eigenvalue weighted by Crippen LogP contribution is -2.35. The third-order valence-corrected chi connectivity index (χ3v) is 6.66. The first-order chi connectivity index (χ1) is 12.9. The molecule has 7 heteroatoms. The van der Waals surface area contributed by atoms with Crippen molar-refractivity contribution in [3.8, 4) is 5.75 Å². The summed E-state index contributed by atoms with van der Waals surface area (Å²) in [6.45, 7) is 2.92. The summed E-state index contributed by atoms with van der Waals surface area (Å²) >= 11 is 0. The minimum atomic E-state index is -3.63. The van der Waals surface area contributed by atoms with E-state index in [0.717, 1.165) is 24.8 Å². The van der Waals surface area contributed by atoms with Gasteiger partial charge in [0.2, 0.25) is 10.0 Å². The van der Waals surface area contributed by atoms with Crippen LogP contribution in [0.25, 0.3) is 0 Å². The summed E-state index contributed by atoms with van der Waals surface area (Å²) in [4.78, 5) is 12.9. The molecule has 0 saturated carbocycles. The van der Waals surface area contributed by atoms with Gasteiger partial charge in [-0.3, -0.25) is 4.79 Å². The van der Waals surface area contributed by atoms with E-state index in [2.05, 4.69) is 5.32 Å². The molecule has 0 aliphatic carbocycles. The van der Waals surface area contributed by atoms with Crippen LogP contribution in [0.15, 0.2) is 47.4 Å². The summed E-state index contributed by atoms with van der Waals surface area (Å²) in [5, 5.41) is 2.83. The molecule has 144 valence electrons. The zero-order valence-corrected chi connectivity index (χ0v) is 16.4. The van der Waals surface area contributed by atoms with Gasteiger partial charge in [0.05, 0.1) is 17.6 Å². The standard InChI is InChI=1S/C20H24N2O4S/c1-15-8-4-5-9-18(15)21-20(23)17-14-16(10-11-19(17)26-2)27(24,25)22-12-6-3-7-13-22/h4-5,8-11,14H,3,6-7,12-13H2,1-2H3,(H,21,23). The molecule has 27 heavy (non-hydrogen) atoms. The Morgan fingerprint density at radius 3 is 2.44 bits per heavy atom. The van der Waals surface area contributed by atoms with Crippen LogP contribution in [0.2, 0.25) is 0 Å². The Morgan fingerprint density at radius 2 is 1.78 bits per heavy atom. The highest BCUT2D eigenvalue weighted by Crippen LogP contribution is 2.27. The predicted octanol–water partition coefficient (Wildman–Crippen LogP) is 3.43. The van der Waals surface area contributed by atoms with Crippen molar-refractivity contribution < 1.29 is 17.9 Å². The number of aryl methyl sites for hydroxylation is 1. The lowest BCUT2D eigenvalue weighted by Gasteiger charge is -2.26. The van der Waals surface area contributed by atoms with Gasteiger partial charge in [-0.2, -0.15) is 4.31 Å². The molecular weight excluding hydrogens is 364 g/mol. The van der Waals surface area contributed by atoms with Crippen molar-refractivity contribution in [3.63, 3.8) is 0 Å². The average molecular weight is 388 g/mol. The molecule has 1 fully saturated rings. The van der Waals surface area contributed by atoms with Crippen molar-refractivity contribution in [3.05, 3.63) is 53.6 Å². The largest absolute Gasteiger partial charge is 0.496 e. The van der Waals surface area contributed by atoms with Crippen molar-refractivity contribution in [1.29, 1.82) is 0 Å². The maximum absolute atomic E-state index is 12.9. The SMILES string of the molecule is COc1ccc(S(=O)(=O)N2CCCCC2)cc1C(=O)Nc1ccccc1C. The average Bonchev–Trinajstić information content (AvgIpc) is 2.69. The molecule has 1 heterocycles. The highest BCUT2D eigenvalue weighted by molar-refractivity contribution is 7.89. The molecule has 0 radical (unpaired) electrons. The number of amides is 1. The summed E-state index contributed by atoms with van der Waals surface area (Å²) in [5.74, 6) is -0.0736. The van der Waals surface area contributed by atoms with Gasteiger partial charge in [-0.15, -0.1) is 0 Å². The molecule has 0 atom stereocenters. The molecule has 3 rings (SSSR count). The number of hydrogen-bond acceptors (Lipinski definition) is 4. The van der Waals surface area contributed by atoms with Crippen LogP contribution in [0.5, 0.6) is 5.75 Å². The first-order valence-corrected chi connectivity index (χ1v) is 10.4. The van der Waals surface area contributed by atoms with Crippen molar-refractivity contribution in [2.24, 2.45) is 0 Å². The summed E-state index contributed by atoms with van der Waals surface area (Å²) in [6.07, 6.45) is 2.75. The number of nitrogens with zero attached hydrogens (tertiary/aromatic N) is 1. The van der Waals surface area contributed by atoms with Crippen LogP contribution < -0.4 is 10.1 Å². The van der Waals surface area contributed by atoms with Crippen LogP contribution >= 0.6 is 0 Å². The predicted molar refractivity (Wildman–Crippen MR) is 105 cm³/mol. The molecule has 1 N–H and O–H groups in total. The Balaban J connectivity index is 1.94. The fourth-order valence-electron chi connectivity index (χ4n) is 3.18. The summed E-state index contributed by atoms with van der Waals surface area (Å²) in [5.41, 5.74) is 1.79. The van der Waals surface area contributed by atoms with Crippen LogP contribution in [0, 0.1) is 6.92 Å². The van der Waals surface area contributed by atoms with Crippen LogP contribution in [-0.4, -0.2) is 38.8 Å². The third kappa shape index (κ3) is 4.14. The van der Waals surface area contributed by atoms with E-state index in [9.17, 15) is 13.2 Å². The van der Waals surface area contributed by atoms with E-state index in [1.807, 2.05) is 25.1 Å². The third-order valence-electron chi connectivity index (χ3n) is 4.76. The van der Waals surface area contributed by atoms with Crippen LogP contribution in [0.1, 0.15) is 35.2 Å². The number of piperidine rings is 1. The number of carbonyl (C=O) groups excluding carboxylic acids is 1. The number of methoxy groups -OCH3 is 1. The van der Waals surface area contributed by atoms with Crippen LogP contribution in [0.3, 0.4) is 0 Å². The van der Waals surface area contributed by atoms with Gasteiger partial charge in [0.25, 0.3) is 5.91 Å². The van der Waals surface area contributed by atoms with Crippen molar-refractivity contribution in [1.82, 2.24) is 4.31 Å². The Kier molecular flexibility index (Phi) is 5.82. The number of benzene rings is 2. The normalized spacial score (nSPS) is 15.3. The molecule has 6 nitrogen and oxygen atoms in total. The first kappa shape index (κ1) is 19.4. The van der Waals surface area contributed by atoms with Gasteiger partial charge >= 0.3 is 0 Å². The van der Waals surface area contributed by atoms with Crippen LogP contribution in [-0.2, 0) is 10.0 Å². The van der Waals surface area contributed by atoms with Gasteiger partial charge in [0.15, 0.2) is 0 Å². The molecule has 1 amide bonds. The quantitative estimate of drug-likeness (QED) is 0.851. The van der Waals surface area contributed by atoms with E-state index in [-0.39, 0.29) is 10.5 Å². The first-order valence-electron chi connectivity index (χ1n) is 8.98. The monoisotopic (exact) mass is 388 g/mol. The van der Waals surface area contributed by atoms with Gasteiger partial charge in [-0.05, 0) is 49.6 Å². The van der Waals surface area contributed by atoms with Gasteiger partial charge in [0.1, 0.15) is 5.75 Å². The maximum Gasteiger partial charge on any atom is 0.259 e. The second-order valence-corrected chi connectivity index (χ2v) is 8.53. The molecule has 1 saturated heterocycles. The molecule has 2 aromatic rings. The van der Waals surface area contributed by atoms with Gasteiger partial charge in [-0.25, -0.2) is 8.42 Å². The molecule has 1 aliphatic heterocycles. The molecular formula is C20H24N2O4S. The summed E-state index contributed by atoms with van der Waals surface area (Å²) in [7, 11) is -2.17. The maximum atomic E-state index is 12.9. The van der Waals surface area contributed by atoms with Gasteiger partial charge in [-0.1, -0.05) is 24.6 Å². The topological polar surface area (TPSA) is 75.7 Å². The van der Waals surface area contributed by atoms with E-state index in [1.165, 1.54) is 29.6 Å². The number of ether oxygens (including phenoxy) is 1. The van der Waals surface area contributed by atoms with E-state index in [1.54, 1.807) is 6.07 Å². The number of carbonyl (C=O) groups is 1. The smallest absolute Gasteiger partial charge is 0.259 e. The Bertz CT molecular complexity index is 935. The molecule has 0 bridgehead atoms. The fraction of sp³-hybridized carbons (Fsp3) is 0.350. The minimum Gasteiger partial charge on any atom is -0.496 e. The van der Waals surface area contributed by atoms with Gasteiger partial charge < -0.3 is 10.1 Å². The number of sulfonamides is 1. The van der Waals surface area contributed by atoms with Gasteiger partial charge in [0, 0.05) is 18.8 Å². The number of para-hydroxylation sites is 1. The van der Waals surface area contributed by atoms with Crippen LogP contribution in [0.4, 0.5) is 5.69 Å². The fourth-order valence-corrected chi connectivity index (χ4v) is 4.73. The number of nitrogens with one attached hydrogen (secondary N) is 1. The second-order valence-electron chi connectivity index (χ2n) is 6.60. The Morgan fingerprint density at radius 1 is 1.07 bits per heavy atom. The number of rotatable bonds is 5.